The summed E-state index contributed by atoms with van der Waals surface area (Å²) in [5.74, 6) is -5.96. The molecule has 39 heavy (non-hydrogen) atoms. The molecule has 1 saturated heterocycles. The van der Waals surface area contributed by atoms with Crippen LogP contribution in [0.2, 0.25) is 0 Å². The van der Waals surface area contributed by atoms with Crippen LogP contribution in [0.25, 0.3) is 22.3 Å². The highest BCUT2D eigenvalue weighted by Gasteiger charge is 2.30. The summed E-state index contributed by atoms with van der Waals surface area (Å²) in [4.78, 5) is 18.3. The lowest BCUT2D eigenvalue weighted by atomic mass is 9.83. The lowest BCUT2D eigenvalue weighted by Gasteiger charge is -2.33. The summed E-state index contributed by atoms with van der Waals surface area (Å²) < 4.78 is 57.1. The van der Waals surface area contributed by atoms with Crippen molar-refractivity contribution in [2.24, 2.45) is 0 Å². The molecule has 1 amide bonds. The first-order valence-electron chi connectivity index (χ1n) is 12.5. The van der Waals surface area contributed by atoms with Crippen LogP contribution in [0.3, 0.4) is 0 Å². The number of rotatable bonds is 6. The number of hydrogen-bond donors (Lipinski definition) is 1. The van der Waals surface area contributed by atoms with Crippen molar-refractivity contribution in [1.29, 1.82) is 0 Å². The molecule has 3 aromatic carbocycles. The molecule has 0 aliphatic carbocycles. The van der Waals surface area contributed by atoms with Gasteiger partial charge in [0.2, 0.25) is 5.91 Å². The summed E-state index contributed by atoms with van der Waals surface area (Å²) in [6.45, 7) is 1.83. The van der Waals surface area contributed by atoms with E-state index in [1.165, 1.54) is 36.1 Å². The van der Waals surface area contributed by atoms with Gasteiger partial charge in [0.05, 0.1) is 0 Å². The number of benzene rings is 3. The molecule has 0 spiro atoms. The van der Waals surface area contributed by atoms with Crippen LogP contribution in [-0.2, 0) is 6.54 Å². The normalized spacial score (nSPS) is 14.4. The van der Waals surface area contributed by atoms with E-state index in [1.807, 2.05) is 24.3 Å². The van der Waals surface area contributed by atoms with E-state index in [1.54, 1.807) is 12.1 Å². The first-order chi connectivity index (χ1) is 18.9. The smallest absolute Gasteiger partial charge is 0.241 e. The predicted molar refractivity (Wildman–Crippen MR) is 139 cm³/mol. The molecule has 1 N–H and O–H groups in total. The SMILES string of the molecule is O=C(N[O-])c1ccncc1-c1cc(F)c(F)c(F)c1C1CCN(Cc2ccc(-c3ccc(F)cc3)cc2)CC1. The molecule has 9 heteroatoms. The van der Waals surface area contributed by atoms with Crippen molar-refractivity contribution >= 4 is 5.91 Å². The maximum absolute atomic E-state index is 15.2. The van der Waals surface area contributed by atoms with Gasteiger partial charge in [0, 0.05) is 35.6 Å². The quantitative estimate of drug-likeness (QED) is 0.172. The molecule has 2 heterocycles. The van der Waals surface area contributed by atoms with E-state index in [9.17, 15) is 23.2 Å². The fourth-order valence-electron chi connectivity index (χ4n) is 5.18. The Kier molecular flexibility index (Phi) is 7.72. The number of nitrogens with zero attached hydrogens (tertiary/aromatic N) is 2. The van der Waals surface area contributed by atoms with Crippen molar-refractivity contribution in [2.45, 2.75) is 25.3 Å². The maximum atomic E-state index is 15.2. The minimum absolute atomic E-state index is 0.00734. The van der Waals surface area contributed by atoms with Crippen molar-refractivity contribution in [3.8, 4) is 22.3 Å². The molecule has 5 rings (SSSR count). The van der Waals surface area contributed by atoms with Gasteiger partial charge in [-0.2, -0.15) is 0 Å². The highest BCUT2D eigenvalue weighted by atomic mass is 19.2. The second-order valence-electron chi connectivity index (χ2n) is 9.55. The number of halogens is 4. The third-order valence-electron chi connectivity index (χ3n) is 7.18. The standard InChI is InChI=1S/C30H24F4N3O2/c31-22-7-5-20(6-8-22)19-3-1-18(2-4-19)17-37-13-10-21(11-14-37)27-24(15-26(32)28(33)29(27)34)25-16-35-12-9-23(25)30(38)36-39/h1-9,12,15-16,21H,10-11,13-14,17H2,(H-,35,36,38,39)/q-1. The molecule has 200 valence electrons. The van der Waals surface area contributed by atoms with E-state index in [0.717, 1.165) is 22.8 Å². The molecule has 0 saturated carbocycles. The van der Waals surface area contributed by atoms with Crippen LogP contribution < -0.4 is 5.48 Å². The summed E-state index contributed by atoms with van der Waals surface area (Å²) >= 11 is 0. The van der Waals surface area contributed by atoms with Gasteiger partial charge in [-0.15, -0.1) is 0 Å². The summed E-state index contributed by atoms with van der Waals surface area (Å²) in [6.07, 6.45) is 3.48. The summed E-state index contributed by atoms with van der Waals surface area (Å²) in [7, 11) is 0. The third kappa shape index (κ3) is 5.55. The number of hydroxylamine groups is 1. The van der Waals surface area contributed by atoms with Crippen molar-refractivity contribution in [1.82, 2.24) is 15.4 Å². The molecule has 1 aliphatic heterocycles. The molecule has 1 aromatic heterocycles. The minimum atomic E-state index is -1.57. The molecule has 1 aliphatic rings. The highest BCUT2D eigenvalue weighted by Crippen LogP contribution is 2.40. The fraction of sp³-hybridized carbons (Fsp3) is 0.200. The van der Waals surface area contributed by atoms with Gasteiger partial charge in [-0.3, -0.25) is 14.7 Å². The predicted octanol–water partition coefficient (Wildman–Crippen LogP) is 6.58. The average Bonchev–Trinajstić information content (AvgIpc) is 2.97. The number of carbonyl (C=O) groups is 1. The molecule has 4 aromatic rings. The van der Waals surface area contributed by atoms with Gasteiger partial charge in [-0.05, 0) is 78.4 Å². The largest absolute Gasteiger partial charge is 0.759 e. The highest BCUT2D eigenvalue weighted by molar-refractivity contribution is 6.01. The number of nitrogens with one attached hydrogen (secondary N) is 1. The van der Waals surface area contributed by atoms with E-state index >= 15 is 4.39 Å². The Morgan fingerprint density at radius 3 is 2.18 bits per heavy atom. The molecule has 0 bridgehead atoms. The van der Waals surface area contributed by atoms with Gasteiger partial charge >= 0.3 is 0 Å². The molecule has 5 nitrogen and oxygen atoms in total. The fourth-order valence-corrected chi connectivity index (χ4v) is 5.18. The number of amides is 1. The zero-order valence-corrected chi connectivity index (χ0v) is 20.8. The Morgan fingerprint density at radius 2 is 1.54 bits per heavy atom. The Morgan fingerprint density at radius 1 is 0.897 bits per heavy atom. The number of aromatic nitrogens is 1. The van der Waals surface area contributed by atoms with Crippen LogP contribution in [0, 0.1) is 28.5 Å². The van der Waals surface area contributed by atoms with E-state index in [2.05, 4.69) is 9.88 Å². The average molecular weight is 535 g/mol. The van der Waals surface area contributed by atoms with Crippen LogP contribution in [0.1, 0.15) is 40.2 Å². The lowest BCUT2D eigenvalue weighted by Crippen LogP contribution is -2.33. The van der Waals surface area contributed by atoms with Gasteiger partial charge in [-0.25, -0.2) is 17.6 Å². The van der Waals surface area contributed by atoms with Gasteiger partial charge in [-0.1, -0.05) is 36.4 Å². The van der Waals surface area contributed by atoms with Crippen molar-refractivity contribution in [3.05, 3.63) is 118 Å². The molecule has 0 atom stereocenters. The number of piperidine rings is 1. The van der Waals surface area contributed by atoms with Gasteiger partial charge in [0.15, 0.2) is 17.5 Å². The Bertz CT molecular complexity index is 1490. The van der Waals surface area contributed by atoms with Crippen molar-refractivity contribution in [3.63, 3.8) is 0 Å². The first kappa shape index (κ1) is 26.5. The van der Waals surface area contributed by atoms with Gasteiger partial charge in [0.1, 0.15) is 5.82 Å². The summed E-state index contributed by atoms with van der Waals surface area (Å²) in [5.41, 5.74) is 4.17. The second-order valence-corrected chi connectivity index (χ2v) is 9.55. The van der Waals surface area contributed by atoms with Crippen LogP contribution in [0.15, 0.2) is 73.1 Å². The minimum Gasteiger partial charge on any atom is -0.759 e. The zero-order chi connectivity index (χ0) is 27.5. The Labute approximate surface area is 222 Å². The van der Waals surface area contributed by atoms with E-state index in [-0.39, 0.29) is 28.1 Å². The van der Waals surface area contributed by atoms with Crippen molar-refractivity contribution in [2.75, 3.05) is 13.1 Å². The number of likely N-dealkylation sites (tertiary alicyclic amines) is 1. The number of pyridine rings is 1. The molecular weight excluding hydrogens is 510 g/mol. The molecular formula is C30H24F4N3O2-. The second kappa shape index (κ2) is 11.3. The maximum Gasteiger partial charge on any atom is 0.241 e. The van der Waals surface area contributed by atoms with Crippen LogP contribution in [0.5, 0.6) is 0 Å². The summed E-state index contributed by atoms with van der Waals surface area (Å²) in [5, 5.41) is 11.0. The Hall–Kier alpha value is -4.08. The van der Waals surface area contributed by atoms with E-state index in [4.69, 9.17) is 0 Å². The molecule has 1 fully saturated rings. The van der Waals surface area contributed by atoms with E-state index in [0.29, 0.717) is 32.5 Å². The molecule has 0 radical (unpaired) electrons. The first-order valence-corrected chi connectivity index (χ1v) is 12.5. The number of carbonyl (C=O) groups excluding carboxylic acids is 1. The third-order valence-corrected chi connectivity index (χ3v) is 7.18. The van der Waals surface area contributed by atoms with Crippen LogP contribution >= 0.6 is 0 Å². The van der Waals surface area contributed by atoms with Gasteiger partial charge < -0.3 is 10.7 Å². The lowest BCUT2D eigenvalue weighted by molar-refractivity contribution is 0.0970. The summed E-state index contributed by atoms with van der Waals surface area (Å²) in [6, 6.07) is 16.4. The Balaban J connectivity index is 1.34. The van der Waals surface area contributed by atoms with E-state index < -0.39 is 29.3 Å². The molecule has 0 unspecified atom stereocenters. The topological polar surface area (TPSA) is 68.3 Å². The number of hydrogen-bond acceptors (Lipinski definition) is 4. The van der Waals surface area contributed by atoms with Crippen LogP contribution in [-0.4, -0.2) is 28.9 Å². The van der Waals surface area contributed by atoms with Crippen molar-refractivity contribution < 1.29 is 22.4 Å². The monoisotopic (exact) mass is 534 g/mol. The van der Waals surface area contributed by atoms with Crippen LogP contribution in [0.4, 0.5) is 17.6 Å². The zero-order valence-electron chi connectivity index (χ0n) is 20.8. The van der Waals surface area contributed by atoms with Gasteiger partial charge in [0.25, 0.3) is 0 Å².